The average Bonchev–Trinajstić information content (AvgIpc) is 2.76. The summed E-state index contributed by atoms with van der Waals surface area (Å²) in [6.07, 6.45) is 0.697. The molecule has 0 spiro atoms. The Morgan fingerprint density at radius 3 is 2.19 bits per heavy atom. The van der Waals surface area contributed by atoms with Crippen molar-refractivity contribution in [1.82, 2.24) is 10.2 Å². The van der Waals surface area contributed by atoms with E-state index in [1.165, 1.54) is 4.90 Å². The number of para-hydroxylation sites is 1. The minimum atomic E-state index is -0.222. The zero-order chi connectivity index (χ0) is 23.0. The Labute approximate surface area is 186 Å². The van der Waals surface area contributed by atoms with Crippen LogP contribution in [0.1, 0.15) is 56.1 Å². The van der Waals surface area contributed by atoms with Crippen molar-refractivity contribution in [2.75, 3.05) is 32.1 Å². The highest BCUT2D eigenvalue weighted by Gasteiger charge is 2.19. The van der Waals surface area contributed by atoms with Gasteiger partial charge in [-0.2, -0.15) is 0 Å². The Kier molecular flexibility index (Phi) is 8.91. The van der Waals surface area contributed by atoms with Gasteiger partial charge in [0.15, 0.2) is 6.61 Å². The van der Waals surface area contributed by atoms with Crippen molar-refractivity contribution < 1.29 is 14.3 Å². The monoisotopic (exact) mass is 425 g/mol. The smallest absolute Gasteiger partial charge is 0.259 e. The normalized spacial score (nSPS) is 11.7. The van der Waals surface area contributed by atoms with Crippen LogP contribution in [0.4, 0.5) is 5.69 Å². The van der Waals surface area contributed by atoms with Crippen LogP contribution in [0, 0.1) is 0 Å². The highest BCUT2D eigenvalue weighted by atomic mass is 16.5. The van der Waals surface area contributed by atoms with Gasteiger partial charge in [-0.25, -0.2) is 0 Å². The van der Waals surface area contributed by atoms with Crippen molar-refractivity contribution in [3.05, 3.63) is 59.7 Å². The molecule has 0 saturated heterocycles. The molecule has 1 atom stereocenters. The van der Waals surface area contributed by atoms with Crippen molar-refractivity contribution in [3.63, 3.8) is 0 Å². The third kappa shape index (κ3) is 6.48. The van der Waals surface area contributed by atoms with E-state index in [-0.39, 0.29) is 24.5 Å². The zero-order valence-corrected chi connectivity index (χ0v) is 19.5. The molecule has 2 aromatic rings. The Hall–Kier alpha value is -3.02. The molecule has 0 radical (unpaired) electrons. The summed E-state index contributed by atoms with van der Waals surface area (Å²) in [5, 5.41) is 3.11. The van der Waals surface area contributed by atoms with Crippen LogP contribution in [0.5, 0.6) is 5.75 Å². The first kappa shape index (κ1) is 24.3. The van der Waals surface area contributed by atoms with Crippen molar-refractivity contribution in [1.29, 1.82) is 0 Å². The number of benzene rings is 2. The quantitative estimate of drug-likeness (QED) is 0.618. The van der Waals surface area contributed by atoms with E-state index in [1.54, 1.807) is 14.1 Å². The second-order valence-electron chi connectivity index (χ2n) is 7.98. The Morgan fingerprint density at radius 1 is 1.00 bits per heavy atom. The fourth-order valence-electron chi connectivity index (χ4n) is 3.46. The molecule has 0 fully saturated rings. The standard InChI is InChI=1S/C25H35N3O3/c1-7-22(21-11-9-10-12-23(21)31-17-24(29)27(5)6)26-25(30)19-13-15-20(16-14-19)28(8-2)18(3)4/h9-16,18,22H,7-8,17H2,1-6H3,(H,26,30). The summed E-state index contributed by atoms with van der Waals surface area (Å²) < 4.78 is 5.76. The van der Waals surface area contributed by atoms with Crippen molar-refractivity contribution >= 4 is 17.5 Å². The number of rotatable bonds is 10. The van der Waals surface area contributed by atoms with E-state index >= 15 is 0 Å². The summed E-state index contributed by atoms with van der Waals surface area (Å²) in [5.74, 6) is 0.357. The van der Waals surface area contributed by atoms with Crippen molar-refractivity contribution in [2.24, 2.45) is 0 Å². The van der Waals surface area contributed by atoms with Crippen LogP contribution in [0.3, 0.4) is 0 Å². The van der Waals surface area contributed by atoms with Gasteiger partial charge in [0.05, 0.1) is 6.04 Å². The van der Waals surface area contributed by atoms with Gasteiger partial charge in [-0.3, -0.25) is 9.59 Å². The fraction of sp³-hybridized carbons (Fsp3) is 0.440. The van der Waals surface area contributed by atoms with E-state index in [1.807, 2.05) is 55.5 Å². The molecule has 0 heterocycles. The third-order valence-electron chi connectivity index (χ3n) is 5.28. The molecule has 2 aromatic carbocycles. The van der Waals surface area contributed by atoms with Crippen LogP contribution in [0.25, 0.3) is 0 Å². The molecule has 0 aromatic heterocycles. The molecule has 0 aliphatic rings. The van der Waals surface area contributed by atoms with Crippen LogP contribution in [0.15, 0.2) is 48.5 Å². The maximum atomic E-state index is 12.9. The molecule has 31 heavy (non-hydrogen) atoms. The molecule has 0 saturated carbocycles. The predicted octanol–water partition coefficient (Wildman–Crippen LogP) is 4.27. The van der Waals surface area contributed by atoms with Crippen LogP contribution in [-0.4, -0.2) is 50.0 Å². The number of ether oxygens (including phenoxy) is 1. The predicted molar refractivity (Wildman–Crippen MR) is 126 cm³/mol. The summed E-state index contributed by atoms with van der Waals surface area (Å²) >= 11 is 0. The Bertz CT molecular complexity index is 863. The van der Waals surface area contributed by atoms with Gasteiger partial charge in [-0.15, -0.1) is 0 Å². The second-order valence-corrected chi connectivity index (χ2v) is 7.98. The van der Waals surface area contributed by atoms with E-state index < -0.39 is 0 Å². The van der Waals surface area contributed by atoms with E-state index in [9.17, 15) is 9.59 Å². The molecule has 6 nitrogen and oxygen atoms in total. The van der Waals surface area contributed by atoms with Crippen molar-refractivity contribution in [3.8, 4) is 5.75 Å². The lowest BCUT2D eigenvalue weighted by atomic mass is 10.0. The Balaban J connectivity index is 2.14. The van der Waals surface area contributed by atoms with Crippen LogP contribution >= 0.6 is 0 Å². The molecule has 168 valence electrons. The van der Waals surface area contributed by atoms with Crippen LogP contribution in [0.2, 0.25) is 0 Å². The number of hydrogen-bond acceptors (Lipinski definition) is 4. The van der Waals surface area contributed by atoms with Gasteiger partial charge in [0.25, 0.3) is 11.8 Å². The largest absolute Gasteiger partial charge is 0.483 e. The van der Waals surface area contributed by atoms with E-state index in [0.29, 0.717) is 23.8 Å². The van der Waals surface area contributed by atoms with Gasteiger partial charge >= 0.3 is 0 Å². The molecule has 0 aliphatic heterocycles. The summed E-state index contributed by atoms with van der Waals surface area (Å²) in [5.41, 5.74) is 2.58. The highest BCUT2D eigenvalue weighted by Crippen LogP contribution is 2.28. The molecule has 2 amide bonds. The number of likely N-dealkylation sites (N-methyl/N-ethyl adjacent to an activating group) is 1. The fourth-order valence-corrected chi connectivity index (χ4v) is 3.46. The summed E-state index contributed by atoms with van der Waals surface area (Å²) in [6, 6.07) is 15.4. The van der Waals surface area contributed by atoms with Crippen LogP contribution in [-0.2, 0) is 4.79 Å². The lowest BCUT2D eigenvalue weighted by Gasteiger charge is -2.27. The van der Waals surface area contributed by atoms with Gasteiger partial charge < -0.3 is 19.9 Å². The van der Waals surface area contributed by atoms with Gasteiger partial charge in [-0.1, -0.05) is 25.1 Å². The van der Waals surface area contributed by atoms with E-state index in [2.05, 4.69) is 31.0 Å². The first-order chi connectivity index (χ1) is 14.8. The minimum absolute atomic E-state index is 0.0420. The van der Waals surface area contributed by atoms with E-state index in [0.717, 1.165) is 17.8 Å². The number of nitrogens with one attached hydrogen (secondary N) is 1. The molecule has 2 rings (SSSR count). The van der Waals surface area contributed by atoms with Crippen LogP contribution < -0.4 is 15.0 Å². The number of amides is 2. The number of nitrogens with zero attached hydrogens (tertiary/aromatic N) is 2. The SMILES string of the molecule is CCC(NC(=O)c1ccc(N(CC)C(C)C)cc1)c1ccccc1OCC(=O)N(C)C. The average molecular weight is 426 g/mol. The summed E-state index contributed by atoms with van der Waals surface area (Å²) in [7, 11) is 3.39. The minimum Gasteiger partial charge on any atom is -0.483 e. The number of carbonyl (C=O) groups excluding carboxylic acids is 2. The second kappa shape index (κ2) is 11.4. The first-order valence-corrected chi connectivity index (χ1v) is 10.9. The molecule has 0 aliphatic carbocycles. The molecular formula is C25H35N3O3. The number of carbonyl (C=O) groups is 2. The van der Waals surface area contributed by atoms with Gasteiger partial charge in [0, 0.05) is 43.5 Å². The number of anilines is 1. The molecule has 6 heteroatoms. The first-order valence-electron chi connectivity index (χ1n) is 10.9. The van der Waals surface area contributed by atoms with E-state index in [4.69, 9.17) is 4.74 Å². The Morgan fingerprint density at radius 2 is 1.65 bits per heavy atom. The zero-order valence-electron chi connectivity index (χ0n) is 19.5. The highest BCUT2D eigenvalue weighted by molar-refractivity contribution is 5.94. The molecule has 0 bridgehead atoms. The molecule has 1 N–H and O–H groups in total. The van der Waals surface area contributed by atoms with Gasteiger partial charge in [0.1, 0.15) is 5.75 Å². The number of hydrogen-bond donors (Lipinski definition) is 1. The molecule has 1 unspecified atom stereocenters. The lowest BCUT2D eigenvalue weighted by Crippen LogP contribution is -2.31. The lowest BCUT2D eigenvalue weighted by molar-refractivity contribution is -0.130. The molecular weight excluding hydrogens is 390 g/mol. The topological polar surface area (TPSA) is 61.9 Å². The summed E-state index contributed by atoms with van der Waals surface area (Å²) in [4.78, 5) is 28.6. The maximum absolute atomic E-state index is 12.9. The van der Waals surface area contributed by atoms with Gasteiger partial charge in [-0.05, 0) is 57.5 Å². The maximum Gasteiger partial charge on any atom is 0.259 e. The summed E-state index contributed by atoms with van der Waals surface area (Å²) in [6.45, 7) is 9.31. The van der Waals surface area contributed by atoms with Gasteiger partial charge in [0.2, 0.25) is 0 Å². The third-order valence-corrected chi connectivity index (χ3v) is 5.28. The van der Waals surface area contributed by atoms with Crippen molar-refractivity contribution in [2.45, 2.75) is 46.2 Å².